The number of methoxy groups -OCH3 is 1. The molecule has 18 heavy (non-hydrogen) atoms. The van der Waals surface area contributed by atoms with Gasteiger partial charge in [0, 0.05) is 18.4 Å². The van der Waals surface area contributed by atoms with E-state index in [1.165, 1.54) is 7.11 Å². The highest BCUT2D eigenvalue weighted by Gasteiger charge is 2.07. The minimum absolute atomic E-state index is 0.0491. The van der Waals surface area contributed by atoms with Gasteiger partial charge in [-0.2, -0.15) is 0 Å². The number of nitrogen functional groups attached to an aromatic ring is 1. The van der Waals surface area contributed by atoms with Crippen molar-refractivity contribution in [1.29, 1.82) is 0 Å². The van der Waals surface area contributed by atoms with Crippen LogP contribution in [-0.4, -0.2) is 26.2 Å². The van der Waals surface area contributed by atoms with Gasteiger partial charge in [-0.1, -0.05) is 13.3 Å². The molecular formula is C13H20N2O3. The number of nitrogens with one attached hydrogen (secondary N) is 1. The second-order valence-electron chi connectivity index (χ2n) is 3.91. The summed E-state index contributed by atoms with van der Waals surface area (Å²) < 4.78 is 10.4. The average Bonchev–Trinajstić information content (AvgIpc) is 2.37. The number of ether oxygens (including phenoxy) is 2. The summed E-state index contributed by atoms with van der Waals surface area (Å²) >= 11 is 0. The summed E-state index contributed by atoms with van der Waals surface area (Å²) in [5.74, 6) is 0.339. The van der Waals surface area contributed by atoms with Gasteiger partial charge in [-0.15, -0.1) is 0 Å². The predicted octanol–water partition coefficient (Wildman–Crippen LogP) is 2.03. The lowest BCUT2D eigenvalue weighted by Crippen LogP contribution is -2.19. The molecule has 0 fully saturated rings. The monoisotopic (exact) mass is 252 g/mol. The van der Waals surface area contributed by atoms with E-state index in [2.05, 4.69) is 12.2 Å². The number of hydrogen-bond acceptors (Lipinski definition) is 4. The first-order chi connectivity index (χ1) is 8.67. The Morgan fingerprint density at radius 1 is 1.44 bits per heavy atom. The van der Waals surface area contributed by atoms with Gasteiger partial charge >= 0.3 is 0 Å². The summed E-state index contributed by atoms with van der Waals surface area (Å²) in [4.78, 5) is 11.6. The van der Waals surface area contributed by atoms with Crippen LogP contribution in [0.15, 0.2) is 18.2 Å². The van der Waals surface area contributed by atoms with Crippen molar-refractivity contribution in [2.24, 2.45) is 0 Å². The third-order valence-corrected chi connectivity index (χ3v) is 2.38. The zero-order valence-electron chi connectivity index (χ0n) is 10.9. The molecular weight excluding hydrogens is 232 g/mol. The lowest BCUT2D eigenvalue weighted by molar-refractivity contribution is -0.120. The number of hydrogen-bond donors (Lipinski definition) is 2. The Balaban J connectivity index is 2.48. The lowest BCUT2D eigenvalue weighted by atomic mass is 10.2. The Labute approximate surface area is 107 Å². The molecule has 5 heteroatoms. The van der Waals surface area contributed by atoms with Gasteiger partial charge in [0.2, 0.25) is 5.91 Å². The average molecular weight is 252 g/mol. The van der Waals surface area contributed by atoms with Gasteiger partial charge in [0.1, 0.15) is 12.4 Å². The third-order valence-electron chi connectivity index (χ3n) is 2.38. The molecule has 0 atom stereocenters. The van der Waals surface area contributed by atoms with Crippen LogP contribution in [0.1, 0.15) is 19.8 Å². The maximum absolute atomic E-state index is 11.6. The molecule has 0 saturated carbocycles. The lowest BCUT2D eigenvalue weighted by Gasteiger charge is -2.10. The van der Waals surface area contributed by atoms with Crippen LogP contribution in [0, 0.1) is 0 Å². The summed E-state index contributed by atoms with van der Waals surface area (Å²) in [6.07, 6.45) is 2.01. The van der Waals surface area contributed by atoms with Crippen LogP contribution in [0.4, 0.5) is 11.4 Å². The molecule has 5 nitrogen and oxygen atoms in total. The van der Waals surface area contributed by atoms with Crippen LogP contribution in [0.2, 0.25) is 0 Å². The van der Waals surface area contributed by atoms with Crippen LogP contribution >= 0.6 is 0 Å². The van der Waals surface area contributed by atoms with Gasteiger partial charge in [0.05, 0.1) is 12.8 Å². The molecule has 0 radical (unpaired) electrons. The number of carbonyl (C=O) groups excluding carboxylic acids is 1. The highest BCUT2D eigenvalue weighted by molar-refractivity contribution is 5.93. The Morgan fingerprint density at radius 3 is 2.89 bits per heavy atom. The van der Waals surface area contributed by atoms with Crippen LogP contribution in [-0.2, 0) is 9.53 Å². The van der Waals surface area contributed by atoms with E-state index in [0.717, 1.165) is 12.8 Å². The van der Waals surface area contributed by atoms with Crippen molar-refractivity contribution in [3.05, 3.63) is 18.2 Å². The molecule has 0 unspecified atom stereocenters. The Hall–Kier alpha value is -1.75. The summed E-state index contributed by atoms with van der Waals surface area (Å²) in [6, 6.07) is 5.07. The van der Waals surface area contributed by atoms with E-state index in [0.29, 0.717) is 23.7 Å². The molecule has 0 saturated heterocycles. The number of anilines is 2. The van der Waals surface area contributed by atoms with E-state index in [-0.39, 0.29) is 12.5 Å². The zero-order chi connectivity index (χ0) is 13.4. The molecule has 3 N–H and O–H groups in total. The van der Waals surface area contributed by atoms with Crippen molar-refractivity contribution in [2.45, 2.75) is 19.8 Å². The van der Waals surface area contributed by atoms with E-state index in [1.807, 2.05) is 0 Å². The van der Waals surface area contributed by atoms with E-state index >= 15 is 0 Å². The normalized spacial score (nSPS) is 10.1. The van der Waals surface area contributed by atoms with E-state index in [4.69, 9.17) is 15.2 Å². The van der Waals surface area contributed by atoms with Crippen molar-refractivity contribution in [3.8, 4) is 5.75 Å². The molecule has 0 aliphatic carbocycles. The van der Waals surface area contributed by atoms with Gasteiger partial charge in [-0.3, -0.25) is 4.79 Å². The molecule has 1 aromatic rings. The fourth-order valence-corrected chi connectivity index (χ4v) is 1.41. The first-order valence-corrected chi connectivity index (χ1v) is 5.98. The maximum atomic E-state index is 11.6. The quantitative estimate of drug-likeness (QED) is 0.575. The zero-order valence-corrected chi connectivity index (χ0v) is 10.9. The maximum Gasteiger partial charge on any atom is 0.250 e. The van der Waals surface area contributed by atoms with E-state index in [1.54, 1.807) is 18.2 Å². The topological polar surface area (TPSA) is 73.6 Å². The van der Waals surface area contributed by atoms with Crippen LogP contribution in [0.5, 0.6) is 5.75 Å². The highest BCUT2D eigenvalue weighted by atomic mass is 16.5. The van der Waals surface area contributed by atoms with Crippen LogP contribution in [0.25, 0.3) is 0 Å². The number of carbonyl (C=O) groups is 1. The number of amides is 1. The summed E-state index contributed by atoms with van der Waals surface area (Å²) in [5.41, 5.74) is 6.81. The molecule has 0 aliphatic rings. The second-order valence-corrected chi connectivity index (χ2v) is 3.91. The minimum atomic E-state index is -0.200. The highest BCUT2D eigenvalue weighted by Crippen LogP contribution is 2.26. The predicted molar refractivity (Wildman–Crippen MR) is 71.8 cm³/mol. The smallest absolute Gasteiger partial charge is 0.250 e. The first kappa shape index (κ1) is 14.3. The molecule has 100 valence electrons. The molecule has 1 aromatic carbocycles. The summed E-state index contributed by atoms with van der Waals surface area (Å²) in [5, 5.41) is 2.72. The summed E-state index contributed by atoms with van der Waals surface area (Å²) in [6.45, 7) is 2.72. The molecule has 0 aromatic heterocycles. The van der Waals surface area contributed by atoms with Gasteiger partial charge in [-0.25, -0.2) is 0 Å². The first-order valence-electron chi connectivity index (χ1n) is 5.98. The van der Waals surface area contributed by atoms with Gasteiger partial charge in [-0.05, 0) is 18.6 Å². The van der Waals surface area contributed by atoms with Crippen molar-refractivity contribution < 1.29 is 14.3 Å². The van der Waals surface area contributed by atoms with Crippen molar-refractivity contribution in [1.82, 2.24) is 0 Å². The fraction of sp³-hybridized carbons (Fsp3) is 0.462. The molecule has 1 amide bonds. The SMILES string of the molecule is CCCCOCC(=O)Nc1ccc(N)cc1OC. The molecule has 0 spiro atoms. The van der Waals surface area contributed by atoms with Crippen LogP contribution < -0.4 is 15.8 Å². The molecule has 0 aliphatic heterocycles. The Kier molecular flexibility index (Phi) is 6.00. The van der Waals surface area contributed by atoms with E-state index < -0.39 is 0 Å². The third kappa shape index (κ3) is 4.63. The minimum Gasteiger partial charge on any atom is -0.494 e. The number of unbranched alkanes of at least 4 members (excludes halogenated alkanes) is 1. The second kappa shape index (κ2) is 7.55. The van der Waals surface area contributed by atoms with Crippen molar-refractivity contribution in [2.75, 3.05) is 31.4 Å². The largest absolute Gasteiger partial charge is 0.494 e. The van der Waals surface area contributed by atoms with E-state index in [9.17, 15) is 4.79 Å². The summed E-state index contributed by atoms with van der Waals surface area (Å²) in [7, 11) is 1.53. The molecule has 0 heterocycles. The van der Waals surface area contributed by atoms with Gasteiger partial charge in [0.15, 0.2) is 0 Å². The van der Waals surface area contributed by atoms with Crippen molar-refractivity contribution in [3.63, 3.8) is 0 Å². The number of nitrogens with two attached hydrogens (primary N) is 1. The molecule has 0 bridgehead atoms. The standard InChI is InChI=1S/C13H20N2O3/c1-3-4-7-18-9-13(16)15-11-6-5-10(14)8-12(11)17-2/h5-6,8H,3-4,7,9,14H2,1-2H3,(H,15,16). The van der Waals surface area contributed by atoms with Gasteiger partial charge in [0.25, 0.3) is 0 Å². The molecule has 1 rings (SSSR count). The number of rotatable bonds is 7. The number of benzene rings is 1. The fourth-order valence-electron chi connectivity index (χ4n) is 1.41. The van der Waals surface area contributed by atoms with Gasteiger partial charge < -0.3 is 20.5 Å². The Bertz CT molecular complexity index is 394. The van der Waals surface area contributed by atoms with Crippen LogP contribution in [0.3, 0.4) is 0 Å². The van der Waals surface area contributed by atoms with Crippen molar-refractivity contribution >= 4 is 17.3 Å². The Morgan fingerprint density at radius 2 is 2.22 bits per heavy atom.